The quantitative estimate of drug-likeness (QED) is 0.844. The number of hydrogen-bond acceptors (Lipinski definition) is 5. The highest BCUT2D eigenvalue weighted by atomic mass is 16.5. The van der Waals surface area contributed by atoms with Gasteiger partial charge in [-0.3, -0.25) is 14.8 Å². The summed E-state index contributed by atoms with van der Waals surface area (Å²) >= 11 is 0. The number of rotatable bonds is 5. The molecular weight excluding hydrogens is 302 g/mol. The van der Waals surface area contributed by atoms with Gasteiger partial charge in [0.2, 0.25) is 0 Å². The van der Waals surface area contributed by atoms with Gasteiger partial charge in [-0.25, -0.2) is 0 Å². The van der Waals surface area contributed by atoms with Crippen molar-refractivity contribution in [2.45, 2.75) is 38.6 Å². The molecule has 2 unspecified atom stereocenters. The molecule has 2 aliphatic heterocycles. The van der Waals surface area contributed by atoms with Gasteiger partial charge in [0.1, 0.15) is 0 Å². The van der Waals surface area contributed by atoms with Crippen LogP contribution < -0.4 is 0 Å². The summed E-state index contributed by atoms with van der Waals surface area (Å²) in [5.74, 6) is 0. The Morgan fingerprint density at radius 1 is 1.25 bits per heavy atom. The normalized spacial score (nSPS) is 25.0. The van der Waals surface area contributed by atoms with Gasteiger partial charge in [0.15, 0.2) is 0 Å². The van der Waals surface area contributed by atoms with Gasteiger partial charge in [0, 0.05) is 50.0 Å². The van der Waals surface area contributed by atoms with E-state index in [0.29, 0.717) is 18.8 Å². The number of piperazine rings is 1. The Labute approximate surface area is 143 Å². The monoisotopic (exact) mass is 327 g/mol. The summed E-state index contributed by atoms with van der Waals surface area (Å²) in [4.78, 5) is 9.63. The predicted molar refractivity (Wildman–Crippen MR) is 91.5 cm³/mol. The van der Waals surface area contributed by atoms with Crippen LogP contribution in [0.1, 0.15) is 23.4 Å². The van der Waals surface area contributed by atoms with Crippen molar-refractivity contribution in [2.75, 3.05) is 26.2 Å². The van der Waals surface area contributed by atoms with Crippen molar-refractivity contribution in [2.24, 2.45) is 0 Å². The maximum absolute atomic E-state index is 6.14. The topological polar surface area (TPSA) is 41.7 Å². The van der Waals surface area contributed by atoms with Crippen molar-refractivity contribution < 1.29 is 9.15 Å². The van der Waals surface area contributed by atoms with Gasteiger partial charge in [-0.2, -0.15) is 0 Å². The van der Waals surface area contributed by atoms with Gasteiger partial charge in [-0.1, -0.05) is 6.07 Å². The Kier molecular flexibility index (Phi) is 4.65. The van der Waals surface area contributed by atoms with Crippen LogP contribution in [-0.2, 0) is 17.9 Å². The van der Waals surface area contributed by atoms with E-state index in [1.165, 1.54) is 5.56 Å². The largest absolute Gasteiger partial charge is 0.472 e. The van der Waals surface area contributed by atoms with Crippen LogP contribution in [0.25, 0.3) is 0 Å². The molecule has 0 radical (unpaired) electrons. The first kappa shape index (κ1) is 15.8. The number of nitrogens with zero attached hydrogens (tertiary/aromatic N) is 3. The van der Waals surface area contributed by atoms with Crippen molar-refractivity contribution in [3.05, 3.63) is 53.7 Å². The van der Waals surface area contributed by atoms with Gasteiger partial charge in [0.25, 0.3) is 0 Å². The van der Waals surface area contributed by atoms with E-state index in [1.807, 2.05) is 31.4 Å². The molecule has 0 spiro atoms. The zero-order valence-corrected chi connectivity index (χ0v) is 14.2. The minimum atomic E-state index is 0.325. The lowest BCUT2D eigenvalue weighted by Gasteiger charge is -2.37. The van der Waals surface area contributed by atoms with E-state index in [1.54, 1.807) is 6.26 Å². The Balaban J connectivity index is 1.28. The second-order valence-corrected chi connectivity index (χ2v) is 6.95. The van der Waals surface area contributed by atoms with Crippen LogP contribution in [0.5, 0.6) is 0 Å². The summed E-state index contributed by atoms with van der Waals surface area (Å²) in [5, 5.41) is 0. The summed E-state index contributed by atoms with van der Waals surface area (Å²) in [6, 6.07) is 8.78. The molecule has 128 valence electrons. The molecular formula is C19H25N3O2. The highest BCUT2D eigenvalue weighted by Crippen LogP contribution is 2.25. The third-order valence-corrected chi connectivity index (χ3v) is 5.06. The minimum Gasteiger partial charge on any atom is -0.472 e. The van der Waals surface area contributed by atoms with Crippen LogP contribution in [0.15, 0.2) is 41.2 Å². The summed E-state index contributed by atoms with van der Waals surface area (Å²) in [6.07, 6.45) is 5.05. The number of fused-ring (bicyclic) bond motifs is 1. The molecule has 2 atom stereocenters. The number of aryl methyl sites for hydroxylation is 1. The SMILES string of the molecule is Cc1cccc(COC2CC3CN(Cc4ccoc4)CCN3C2)n1. The van der Waals surface area contributed by atoms with Crippen LogP contribution >= 0.6 is 0 Å². The Morgan fingerprint density at radius 2 is 2.21 bits per heavy atom. The van der Waals surface area contributed by atoms with E-state index < -0.39 is 0 Å². The molecule has 5 heteroatoms. The predicted octanol–water partition coefficient (Wildman–Crippen LogP) is 2.46. The summed E-state index contributed by atoms with van der Waals surface area (Å²) in [5.41, 5.74) is 3.34. The average Bonchev–Trinajstić information content (AvgIpc) is 3.22. The van der Waals surface area contributed by atoms with Crippen LogP contribution in [0.3, 0.4) is 0 Å². The molecule has 0 bridgehead atoms. The van der Waals surface area contributed by atoms with E-state index in [2.05, 4.69) is 20.9 Å². The van der Waals surface area contributed by atoms with Crippen LogP contribution in [0.4, 0.5) is 0 Å². The highest BCUT2D eigenvalue weighted by molar-refractivity contribution is 5.09. The van der Waals surface area contributed by atoms with Crippen molar-refractivity contribution in [3.8, 4) is 0 Å². The van der Waals surface area contributed by atoms with Crippen LogP contribution in [-0.4, -0.2) is 53.1 Å². The molecule has 0 amide bonds. The average molecular weight is 327 g/mol. The van der Waals surface area contributed by atoms with Crippen LogP contribution in [0, 0.1) is 6.92 Å². The first-order valence-electron chi connectivity index (χ1n) is 8.78. The lowest BCUT2D eigenvalue weighted by Crippen LogP contribution is -2.49. The van der Waals surface area contributed by atoms with E-state index in [9.17, 15) is 0 Å². The molecule has 0 N–H and O–H groups in total. The molecule has 5 nitrogen and oxygen atoms in total. The number of aromatic nitrogens is 1. The number of pyridine rings is 1. The van der Waals surface area contributed by atoms with Crippen molar-refractivity contribution >= 4 is 0 Å². The second kappa shape index (κ2) is 7.05. The molecule has 2 aliphatic rings. The number of ether oxygens (including phenoxy) is 1. The molecule has 2 aromatic rings. The fourth-order valence-corrected chi connectivity index (χ4v) is 3.85. The summed E-state index contributed by atoms with van der Waals surface area (Å²) in [7, 11) is 0. The second-order valence-electron chi connectivity index (χ2n) is 6.95. The van der Waals surface area contributed by atoms with Crippen molar-refractivity contribution in [3.63, 3.8) is 0 Å². The van der Waals surface area contributed by atoms with Gasteiger partial charge in [-0.05, 0) is 31.5 Å². The fourth-order valence-electron chi connectivity index (χ4n) is 3.85. The Morgan fingerprint density at radius 3 is 3.04 bits per heavy atom. The Bertz CT molecular complexity index is 658. The number of hydrogen-bond donors (Lipinski definition) is 0. The van der Waals surface area contributed by atoms with Gasteiger partial charge >= 0.3 is 0 Å². The maximum Gasteiger partial charge on any atom is 0.0947 e. The van der Waals surface area contributed by atoms with E-state index in [0.717, 1.165) is 50.5 Å². The van der Waals surface area contributed by atoms with Gasteiger partial charge in [-0.15, -0.1) is 0 Å². The standard InChI is InChI=1S/C19H25N3O2/c1-15-3-2-4-17(20-15)14-24-19-9-18-11-21(6-7-22(18)12-19)10-16-5-8-23-13-16/h2-5,8,13,18-19H,6-7,9-12,14H2,1H3. The molecule has 0 aliphatic carbocycles. The highest BCUT2D eigenvalue weighted by Gasteiger charge is 2.36. The minimum absolute atomic E-state index is 0.325. The third-order valence-electron chi connectivity index (χ3n) is 5.06. The zero-order chi connectivity index (χ0) is 16.4. The molecule has 2 aromatic heterocycles. The molecule has 0 saturated carbocycles. The molecule has 2 saturated heterocycles. The molecule has 0 aromatic carbocycles. The Hall–Kier alpha value is -1.69. The molecule has 4 heterocycles. The van der Waals surface area contributed by atoms with Crippen molar-refractivity contribution in [1.82, 2.24) is 14.8 Å². The van der Waals surface area contributed by atoms with Crippen LogP contribution in [0.2, 0.25) is 0 Å². The molecule has 4 rings (SSSR count). The third kappa shape index (κ3) is 3.69. The van der Waals surface area contributed by atoms with Gasteiger partial charge < -0.3 is 9.15 Å². The van der Waals surface area contributed by atoms with E-state index >= 15 is 0 Å². The van der Waals surface area contributed by atoms with Crippen molar-refractivity contribution in [1.29, 1.82) is 0 Å². The molecule has 2 fully saturated rings. The van der Waals surface area contributed by atoms with Gasteiger partial charge in [0.05, 0.1) is 30.9 Å². The summed E-state index contributed by atoms with van der Waals surface area (Å²) in [6.45, 7) is 8.04. The molecule has 24 heavy (non-hydrogen) atoms. The zero-order valence-electron chi connectivity index (χ0n) is 14.2. The lowest BCUT2D eigenvalue weighted by molar-refractivity contribution is 0.0439. The number of furan rings is 1. The van der Waals surface area contributed by atoms with E-state index in [-0.39, 0.29) is 0 Å². The summed E-state index contributed by atoms with van der Waals surface area (Å²) < 4.78 is 11.3. The lowest BCUT2D eigenvalue weighted by atomic mass is 10.1. The smallest absolute Gasteiger partial charge is 0.0947 e. The van der Waals surface area contributed by atoms with E-state index in [4.69, 9.17) is 9.15 Å². The fraction of sp³-hybridized carbons (Fsp3) is 0.526. The first-order valence-corrected chi connectivity index (χ1v) is 8.78. The first-order chi connectivity index (χ1) is 11.8. The maximum atomic E-state index is 6.14.